The lowest BCUT2D eigenvalue weighted by molar-refractivity contribution is 0.393. The molecule has 0 bridgehead atoms. The molecule has 0 aromatic heterocycles. The van der Waals surface area contributed by atoms with Crippen molar-refractivity contribution in [2.24, 2.45) is 0 Å². The van der Waals surface area contributed by atoms with Crippen LogP contribution in [0.1, 0.15) is 31.4 Å². The number of hydrogen-bond donors (Lipinski definition) is 0. The van der Waals surface area contributed by atoms with Crippen LogP contribution in [0.25, 0.3) is 0 Å². The van der Waals surface area contributed by atoms with E-state index in [0.717, 1.165) is 0 Å². The fourth-order valence-corrected chi connectivity index (χ4v) is 2.50. The van der Waals surface area contributed by atoms with Crippen LogP contribution in [-0.2, 0) is 11.8 Å². The van der Waals surface area contributed by atoms with Gasteiger partial charge in [-0.2, -0.15) is 0 Å². The summed E-state index contributed by atoms with van der Waals surface area (Å²) in [5.74, 6) is 0. The van der Waals surface area contributed by atoms with Gasteiger partial charge in [-0.15, -0.1) is 0 Å². The molecule has 1 aliphatic carbocycles. The topological polar surface area (TPSA) is 0 Å². The van der Waals surface area contributed by atoms with E-state index in [-0.39, 0.29) is 0 Å². The van der Waals surface area contributed by atoms with Gasteiger partial charge in [-0.05, 0) is 35.4 Å². The van der Waals surface area contributed by atoms with Crippen molar-refractivity contribution in [3.8, 4) is 0 Å². The number of fused-ring (bicyclic) bond motifs is 1. The maximum atomic E-state index is 3.58. The third-order valence-corrected chi connectivity index (χ3v) is 3.86. The van der Waals surface area contributed by atoms with Gasteiger partial charge >= 0.3 is 0 Å². The monoisotopic (exact) mass is 224 g/mol. The molecule has 0 nitrogen and oxygen atoms in total. The van der Waals surface area contributed by atoms with Crippen molar-refractivity contribution < 1.29 is 0 Å². The fraction of sp³-hybridized carbons (Fsp3) is 0.455. The molecule has 1 aromatic carbocycles. The lowest BCUT2D eigenvalue weighted by Gasteiger charge is -2.41. The molecule has 1 aromatic rings. The molecule has 1 atom stereocenters. The van der Waals surface area contributed by atoms with Crippen molar-refractivity contribution in [2.75, 3.05) is 0 Å². The minimum absolute atomic E-state index is 0.457. The van der Waals surface area contributed by atoms with E-state index in [0.29, 0.717) is 5.41 Å². The molecular weight excluding hydrogens is 212 g/mol. The van der Waals surface area contributed by atoms with Gasteiger partial charge in [0.2, 0.25) is 0 Å². The molecule has 2 rings (SSSR count). The summed E-state index contributed by atoms with van der Waals surface area (Å²) in [6, 6.07) is 6.52. The van der Waals surface area contributed by atoms with Crippen LogP contribution in [0.2, 0.25) is 0 Å². The summed E-state index contributed by atoms with van der Waals surface area (Å²) in [5.41, 5.74) is 3.51. The Kier molecular flexibility index (Phi) is 1.80. The molecule has 0 aliphatic heterocycles. The van der Waals surface area contributed by atoms with Crippen LogP contribution in [0.4, 0.5) is 0 Å². The number of halogens is 1. The van der Waals surface area contributed by atoms with Gasteiger partial charge in [-0.25, -0.2) is 0 Å². The second-order valence-electron chi connectivity index (χ2n) is 3.86. The minimum atomic E-state index is 0.457. The van der Waals surface area contributed by atoms with Crippen LogP contribution in [0, 0.1) is 0 Å². The Morgan fingerprint density at radius 1 is 1.50 bits per heavy atom. The molecule has 1 aliphatic rings. The van der Waals surface area contributed by atoms with Gasteiger partial charge in [-0.1, -0.05) is 41.9 Å². The van der Waals surface area contributed by atoms with Gasteiger partial charge in [-0.3, -0.25) is 0 Å². The highest BCUT2D eigenvalue weighted by atomic mass is 79.9. The predicted molar refractivity (Wildman–Crippen MR) is 55.5 cm³/mol. The molecule has 0 saturated heterocycles. The molecule has 0 heterocycles. The first-order valence-corrected chi connectivity index (χ1v) is 5.24. The summed E-state index contributed by atoms with van der Waals surface area (Å²) in [6.45, 7) is 4.62. The van der Waals surface area contributed by atoms with Crippen molar-refractivity contribution in [3.05, 3.63) is 33.8 Å². The maximum Gasteiger partial charge on any atom is 0.0210 e. The third kappa shape index (κ3) is 0.957. The lowest BCUT2D eigenvalue weighted by atomic mass is 9.64. The van der Waals surface area contributed by atoms with E-state index in [4.69, 9.17) is 0 Å². The van der Waals surface area contributed by atoms with Crippen molar-refractivity contribution >= 4 is 15.9 Å². The highest BCUT2D eigenvalue weighted by Crippen LogP contribution is 2.46. The highest BCUT2D eigenvalue weighted by Gasteiger charge is 2.37. The summed E-state index contributed by atoms with van der Waals surface area (Å²) in [6.07, 6.45) is 2.48. The van der Waals surface area contributed by atoms with Gasteiger partial charge in [0.1, 0.15) is 0 Å². The van der Waals surface area contributed by atoms with E-state index in [2.05, 4.69) is 48.0 Å². The van der Waals surface area contributed by atoms with Crippen LogP contribution < -0.4 is 0 Å². The minimum Gasteiger partial charge on any atom is -0.0645 e. The number of rotatable bonds is 1. The van der Waals surface area contributed by atoms with Gasteiger partial charge in [0, 0.05) is 4.47 Å². The molecule has 0 saturated carbocycles. The lowest BCUT2D eigenvalue weighted by Crippen LogP contribution is -2.35. The average molecular weight is 225 g/mol. The number of benzene rings is 1. The Hall–Kier alpha value is -0.300. The molecule has 64 valence electrons. The van der Waals surface area contributed by atoms with Gasteiger partial charge in [0.05, 0.1) is 0 Å². The standard InChI is InChI=1S/C11H13Br/c1-3-11(2)7-8-9(11)5-4-6-10(8)12/h4-6H,3,7H2,1-2H3/t11-/m1/s1. The maximum absolute atomic E-state index is 3.58. The van der Waals surface area contributed by atoms with E-state index in [1.165, 1.54) is 22.9 Å². The van der Waals surface area contributed by atoms with E-state index in [1.807, 2.05) is 0 Å². The summed E-state index contributed by atoms with van der Waals surface area (Å²) >= 11 is 3.58. The molecular formula is C11H13Br. The second-order valence-corrected chi connectivity index (χ2v) is 4.71. The smallest absolute Gasteiger partial charge is 0.0210 e. The van der Waals surface area contributed by atoms with Crippen molar-refractivity contribution in [1.82, 2.24) is 0 Å². The highest BCUT2D eigenvalue weighted by molar-refractivity contribution is 9.10. The first kappa shape index (κ1) is 8.31. The number of hydrogen-bond acceptors (Lipinski definition) is 0. The van der Waals surface area contributed by atoms with Crippen molar-refractivity contribution in [1.29, 1.82) is 0 Å². The zero-order valence-electron chi connectivity index (χ0n) is 7.52. The molecule has 0 amide bonds. The van der Waals surface area contributed by atoms with Crippen molar-refractivity contribution in [3.63, 3.8) is 0 Å². The quantitative estimate of drug-likeness (QED) is 0.684. The van der Waals surface area contributed by atoms with Crippen LogP contribution in [0.3, 0.4) is 0 Å². The summed E-state index contributed by atoms with van der Waals surface area (Å²) in [5, 5.41) is 0. The molecule has 1 heteroatoms. The zero-order valence-corrected chi connectivity index (χ0v) is 9.11. The van der Waals surface area contributed by atoms with Gasteiger partial charge < -0.3 is 0 Å². The average Bonchev–Trinajstić information content (AvgIpc) is 2.06. The predicted octanol–water partition coefficient (Wildman–Crippen LogP) is 3.67. The van der Waals surface area contributed by atoms with Gasteiger partial charge in [0.25, 0.3) is 0 Å². The Morgan fingerprint density at radius 2 is 2.25 bits per heavy atom. The summed E-state index contributed by atoms with van der Waals surface area (Å²) in [7, 11) is 0. The molecule has 0 radical (unpaired) electrons. The first-order chi connectivity index (χ1) is 5.67. The Labute approximate surface area is 82.1 Å². The van der Waals surface area contributed by atoms with E-state index < -0.39 is 0 Å². The summed E-state index contributed by atoms with van der Waals surface area (Å²) in [4.78, 5) is 0. The SMILES string of the molecule is CC[C@]1(C)Cc2c(Br)cccc21. The van der Waals surface area contributed by atoms with Crippen LogP contribution in [0.5, 0.6) is 0 Å². The van der Waals surface area contributed by atoms with Crippen molar-refractivity contribution in [2.45, 2.75) is 32.1 Å². The Morgan fingerprint density at radius 3 is 2.92 bits per heavy atom. The second kappa shape index (κ2) is 2.59. The first-order valence-electron chi connectivity index (χ1n) is 4.45. The molecule has 0 N–H and O–H groups in total. The third-order valence-electron chi connectivity index (χ3n) is 3.12. The fourth-order valence-electron chi connectivity index (χ4n) is 2.00. The molecule has 0 unspecified atom stereocenters. The Bertz CT molecular complexity index is 317. The molecule has 0 fully saturated rings. The largest absolute Gasteiger partial charge is 0.0645 e. The van der Waals surface area contributed by atoms with Crippen LogP contribution in [0.15, 0.2) is 22.7 Å². The van der Waals surface area contributed by atoms with Crippen LogP contribution in [-0.4, -0.2) is 0 Å². The van der Waals surface area contributed by atoms with Crippen LogP contribution >= 0.6 is 15.9 Å². The Balaban J connectivity index is 2.48. The molecule has 12 heavy (non-hydrogen) atoms. The zero-order chi connectivity index (χ0) is 8.77. The normalized spacial score (nSPS) is 26.2. The van der Waals surface area contributed by atoms with E-state index >= 15 is 0 Å². The van der Waals surface area contributed by atoms with Gasteiger partial charge in [0.15, 0.2) is 0 Å². The summed E-state index contributed by atoms with van der Waals surface area (Å²) < 4.78 is 1.28. The molecule has 0 spiro atoms. The van der Waals surface area contributed by atoms with E-state index in [1.54, 1.807) is 5.56 Å². The van der Waals surface area contributed by atoms with E-state index in [9.17, 15) is 0 Å².